The lowest BCUT2D eigenvalue weighted by Gasteiger charge is -2.36. The van der Waals surface area contributed by atoms with E-state index in [4.69, 9.17) is 28.4 Å². The lowest BCUT2D eigenvalue weighted by molar-refractivity contribution is -0.238. The number of nitrogens with one attached hydrogen (secondary N) is 2. The van der Waals surface area contributed by atoms with Crippen LogP contribution in [-0.4, -0.2) is 86.0 Å². The molecule has 0 spiro atoms. The molecule has 2 N–H and O–H groups in total. The maximum Gasteiger partial charge on any atom is 0.323 e. The molecule has 0 aromatic carbocycles. The van der Waals surface area contributed by atoms with Gasteiger partial charge in [-0.15, -0.1) is 0 Å². The Balaban J connectivity index is 1.12. The topological polar surface area (TPSA) is 136 Å². The molecule has 13 nitrogen and oxygen atoms in total. The normalized spacial score (nSPS) is 31.5. The summed E-state index contributed by atoms with van der Waals surface area (Å²) >= 11 is 0. The number of hydrogen-bond donors (Lipinski definition) is 2. The van der Waals surface area contributed by atoms with Gasteiger partial charge in [0.15, 0.2) is 17.9 Å². The zero-order chi connectivity index (χ0) is 25.6. The summed E-state index contributed by atoms with van der Waals surface area (Å²) in [6, 6.07) is 0.595. The van der Waals surface area contributed by atoms with Crippen LogP contribution in [0.15, 0.2) is 18.7 Å². The van der Waals surface area contributed by atoms with Gasteiger partial charge in [0.2, 0.25) is 11.9 Å². The highest BCUT2D eigenvalue weighted by Crippen LogP contribution is 2.44. The van der Waals surface area contributed by atoms with E-state index in [1.807, 2.05) is 38.5 Å². The number of anilines is 2. The van der Waals surface area contributed by atoms with Gasteiger partial charge in [-0.25, -0.2) is 4.98 Å². The van der Waals surface area contributed by atoms with Crippen molar-refractivity contribution in [3.63, 3.8) is 0 Å². The number of ether oxygens (including phenoxy) is 6. The van der Waals surface area contributed by atoms with Gasteiger partial charge in [-0.2, -0.15) is 15.0 Å². The van der Waals surface area contributed by atoms with E-state index in [9.17, 15) is 0 Å². The number of imidazole rings is 1. The first-order valence-electron chi connectivity index (χ1n) is 12.9. The molecule has 4 aliphatic rings. The SMILES string of the molecule is CC1(C)O[C@H]2[C@@H](O1)[C@@H](COc1nc(NCCCn3ccnc3)nc(NC3CC3)n1)O[C@@H]1OC(C)(C)O[C@@H]12. The fraction of sp³-hybridized carbons (Fsp3) is 0.750. The molecule has 1 aliphatic carbocycles. The van der Waals surface area contributed by atoms with Crippen LogP contribution in [0.1, 0.15) is 47.0 Å². The van der Waals surface area contributed by atoms with E-state index in [1.54, 1.807) is 12.5 Å². The Morgan fingerprint density at radius 1 is 0.973 bits per heavy atom. The molecule has 3 saturated heterocycles. The van der Waals surface area contributed by atoms with Crippen molar-refractivity contribution >= 4 is 11.9 Å². The molecule has 2 aromatic rings. The van der Waals surface area contributed by atoms with Crippen molar-refractivity contribution < 1.29 is 28.4 Å². The fourth-order valence-electron chi connectivity index (χ4n) is 4.84. The minimum absolute atomic E-state index is 0.153. The monoisotopic (exact) mass is 517 g/mol. The van der Waals surface area contributed by atoms with Crippen molar-refractivity contribution in [2.45, 2.75) is 102 Å². The second-order valence-corrected chi connectivity index (χ2v) is 10.8. The average molecular weight is 518 g/mol. The highest BCUT2D eigenvalue weighted by atomic mass is 16.9. The minimum Gasteiger partial charge on any atom is -0.460 e. The van der Waals surface area contributed by atoms with Crippen molar-refractivity contribution in [3.8, 4) is 6.01 Å². The van der Waals surface area contributed by atoms with Crippen LogP contribution in [0.25, 0.3) is 0 Å². The Morgan fingerprint density at radius 2 is 1.73 bits per heavy atom. The van der Waals surface area contributed by atoms with Gasteiger partial charge in [0.1, 0.15) is 31.0 Å². The van der Waals surface area contributed by atoms with E-state index < -0.39 is 24.0 Å². The van der Waals surface area contributed by atoms with E-state index in [0.717, 1.165) is 25.8 Å². The molecule has 5 heterocycles. The molecule has 13 heteroatoms. The summed E-state index contributed by atoms with van der Waals surface area (Å²) in [5.41, 5.74) is 0. The van der Waals surface area contributed by atoms with Crippen LogP contribution >= 0.6 is 0 Å². The molecule has 202 valence electrons. The van der Waals surface area contributed by atoms with Gasteiger partial charge in [-0.3, -0.25) is 0 Å². The Morgan fingerprint density at radius 3 is 2.51 bits per heavy atom. The highest BCUT2D eigenvalue weighted by Gasteiger charge is 2.60. The van der Waals surface area contributed by atoms with Crippen molar-refractivity contribution in [1.82, 2.24) is 24.5 Å². The third-order valence-corrected chi connectivity index (χ3v) is 6.59. The molecule has 0 amide bonds. The molecule has 4 fully saturated rings. The fourth-order valence-corrected chi connectivity index (χ4v) is 4.84. The molecular formula is C24H35N7O6. The summed E-state index contributed by atoms with van der Waals surface area (Å²) < 4.78 is 38.7. The highest BCUT2D eigenvalue weighted by molar-refractivity contribution is 5.37. The van der Waals surface area contributed by atoms with Crippen molar-refractivity contribution in [1.29, 1.82) is 0 Å². The van der Waals surface area contributed by atoms with Crippen molar-refractivity contribution in [2.75, 3.05) is 23.8 Å². The van der Waals surface area contributed by atoms with Gasteiger partial charge in [0.05, 0.1) is 6.33 Å². The predicted molar refractivity (Wildman–Crippen MR) is 130 cm³/mol. The molecule has 6 rings (SSSR count). The van der Waals surface area contributed by atoms with Gasteiger partial charge < -0.3 is 43.6 Å². The smallest absolute Gasteiger partial charge is 0.323 e. The molecule has 37 heavy (non-hydrogen) atoms. The van der Waals surface area contributed by atoms with Gasteiger partial charge in [-0.05, 0) is 47.0 Å². The average Bonchev–Trinajstić information content (AvgIpc) is 3.22. The van der Waals surface area contributed by atoms with Crippen molar-refractivity contribution in [3.05, 3.63) is 18.7 Å². The Bertz CT molecular complexity index is 1080. The Labute approximate surface area is 215 Å². The van der Waals surface area contributed by atoms with Gasteiger partial charge >= 0.3 is 6.01 Å². The number of aryl methyl sites for hydroxylation is 1. The number of fused-ring (bicyclic) bond motifs is 3. The summed E-state index contributed by atoms with van der Waals surface area (Å²) in [7, 11) is 0. The van der Waals surface area contributed by atoms with Crippen LogP contribution in [0.5, 0.6) is 6.01 Å². The molecule has 1 saturated carbocycles. The second kappa shape index (κ2) is 9.62. The largest absolute Gasteiger partial charge is 0.460 e. The van der Waals surface area contributed by atoms with E-state index in [-0.39, 0.29) is 30.9 Å². The van der Waals surface area contributed by atoms with Crippen molar-refractivity contribution in [2.24, 2.45) is 0 Å². The third kappa shape index (κ3) is 5.80. The zero-order valence-corrected chi connectivity index (χ0v) is 21.6. The van der Waals surface area contributed by atoms with Crippen LogP contribution in [-0.2, 0) is 30.2 Å². The Hall–Kier alpha value is -2.58. The summed E-state index contributed by atoms with van der Waals surface area (Å²) in [4.78, 5) is 17.6. The summed E-state index contributed by atoms with van der Waals surface area (Å²) in [5.74, 6) is -0.605. The summed E-state index contributed by atoms with van der Waals surface area (Å²) in [6.45, 7) is 9.17. The number of rotatable bonds is 10. The lowest BCUT2D eigenvalue weighted by atomic mass is 9.99. The van der Waals surface area contributed by atoms with Crippen LogP contribution in [0.4, 0.5) is 11.9 Å². The van der Waals surface area contributed by atoms with Crippen LogP contribution in [0.2, 0.25) is 0 Å². The molecule has 0 unspecified atom stereocenters. The maximum atomic E-state index is 6.24. The molecule has 3 aliphatic heterocycles. The quantitative estimate of drug-likeness (QED) is 0.446. The molecule has 0 bridgehead atoms. The molecule has 0 radical (unpaired) electrons. The summed E-state index contributed by atoms with van der Waals surface area (Å²) in [6.07, 6.45) is 6.43. The third-order valence-electron chi connectivity index (χ3n) is 6.59. The van der Waals surface area contributed by atoms with E-state index in [2.05, 4.69) is 30.6 Å². The number of aromatic nitrogens is 5. The summed E-state index contributed by atoms with van der Waals surface area (Å²) in [5, 5.41) is 6.61. The molecule has 5 atom stereocenters. The first-order chi connectivity index (χ1) is 17.7. The van der Waals surface area contributed by atoms with Gasteiger partial charge in [0, 0.05) is 31.5 Å². The van der Waals surface area contributed by atoms with Gasteiger partial charge in [0.25, 0.3) is 0 Å². The second-order valence-electron chi connectivity index (χ2n) is 10.8. The molecular weight excluding hydrogens is 482 g/mol. The van der Waals surface area contributed by atoms with Gasteiger partial charge in [-0.1, -0.05) is 0 Å². The van der Waals surface area contributed by atoms with Crippen LogP contribution in [0.3, 0.4) is 0 Å². The molecule has 2 aromatic heterocycles. The standard InChI is InChI=1S/C24H35N7O6/c1-23(2)34-16-15(33-19-18(17(16)35-23)36-24(3,4)37-19)12-32-22-29-20(28-21(30-22)27-14-6-7-14)26-8-5-10-31-11-9-25-13-31/h9,11,13-19H,5-8,10,12H2,1-4H3,(H2,26,27,28,29,30)/t15-,16+,17+,18-,19-/m1/s1. The van der Waals surface area contributed by atoms with Crippen LogP contribution < -0.4 is 15.4 Å². The Kier molecular flexibility index (Phi) is 6.43. The predicted octanol–water partition coefficient (Wildman–Crippen LogP) is 1.92. The number of nitrogens with zero attached hydrogens (tertiary/aromatic N) is 5. The minimum atomic E-state index is -0.776. The van der Waals surface area contributed by atoms with E-state index in [1.165, 1.54) is 0 Å². The zero-order valence-electron chi connectivity index (χ0n) is 21.6. The van der Waals surface area contributed by atoms with E-state index >= 15 is 0 Å². The first kappa shape index (κ1) is 24.7. The van der Waals surface area contributed by atoms with E-state index in [0.29, 0.717) is 24.5 Å². The maximum absolute atomic E-state index is 6.24. The lowest BCUT2D eigenvalue weighted by Crippen LogP contribution is -2.56. The van der Waals surface area contributed by atoms with Crippen LogP contribution in [0, 0.1) is 0 Å². The number of hydrogen-bond acceptors (Lipinski definition) is 12. The first-order valence-corrected chi connectivity index (χ1v) is 12.9.